The third kappa shape index (κ3) is 9.83. The van der Waals surface area contributed by atoms with Crippen LogP contribution >= 0.6 is 11.8 Å². The molecule has 12 heteroatoms. The zero-order valence-corrected chi connectivity index (χ0v) is 19.0. The van der Waals surface area contributed by atoms with Gasteiger partial charge in [0.05, 0.1) is 12.9 Å². The maximum Gasteiger partial charge on any atom is 0.243 e. The average Bonchev–Trinajstić information content (AvgIpc) is 3.22. The topological polar surface area (TPSA) is 185 Å². The van der Waals surface area contributed by atoms with Gasteiger partial charge < -0.3 is 32.4 Å². The lowest BCUT2D eigenvalue weighted by molar-refractivity contribution is -0.133. The Labute approximate surface area is 186 Å². The predicted octanol–water partition coefficient (Wildman–Crippen LogP) is -1.35. The van der Waals surface area contributed by atoms with Crippen LogP contribution in [0.15, 0.2) is 12.5 Å². The summed E-state index contributed by atoms with van der Waals surface area (Å²) in [5.41, 5.74) is 11.4. The highest BCUT2D eigenvalue weighted by molar-refractivity contribution is 7.98. The Morgan fingerprint density at radius 1 is 1.10 bits per heavy atom. The number of rotatable bonds is 14. The van der Waals surface area contributed by atoms with Crippen LogP contribution in [0.2, 0.25) is 0 Å². The van der Waals surface area contributed by atoms with Crippen LogP contribution in [-0.4, -0.2) is 70.3 Å². The van der Waals surface area contributed by atoms with E-state index >= 15 is 0 Å². The minimum atomic E-state index is -0.956. The Hall–Kier alpha value is -2.60. The molecule has 11 nitrogen and oxygen atoms in total. The summed E-state index contributed by atoms with van der Waals surface area (Å²) in [7, 11) is 0. The molecule has 0 spiro atoms. The maximum absolute atomic E-state index is 12.9. The molecule has 1 heterocycles. The van der Waals surface area contributed by atoms with Crippen molar-refractivity contribution in [1.82, 2.24) is 25.9 Å². The Kier molecular flexibility index (Phi) is 11.6. The molecule has 4 amide bonds. The summed E-state index contributed by atoms with van der Waals surface area (Å²) in [5.74, 6) is -1.46. The second-order valence-corrected chi connectivity index (χ2v) is 8.53. The highest BCUT2D eigenvalue weighted by Crippen LogP contribution is 2.08. The number of nitrogens with zero attached hydrogens (tertiary/aromatic N) is 1. The number of amides is 4. The van der Waals surface area contributed by atoms with Crippen LogP contribution in [0, 0.1) is 5.92 Å². The lowest BCUT2D eigenvalue weighted by Gasteiger charge is -2.25. The van der Waals surface area contributed by atoms with Crippen LogP contribution in [0.4, 0.5) is 0 Å². The number of thioether (sulfide) groups is 1. The number of aromatic nitrogens is 2. The molecule has 1 aromatic heterocycles. The minimum Gasteiger partial charge on any atom is -0.368 e. The molecule has 0 saturated carbocycles. The standard InChI is InChI=1S/C19H33N7O4S/c1-11(2)6-14(18(29)25-13(17(21)28)4-5-31-3)26-19(30)15(24-16(27)8-20)7-12-9-22-10-23-12/h9-11,13-15H,4-8,20H2,1-3H3,(H2,21,28)(H,22,23)(H,24,27)(H,25,29)(H,26,30)/t13-,14-,15-/m0/s1. The molecule has 0 aliphatic heterocycles. The first-order valence-electron chi connectivity index (χ1n) is 10.0. The average molecular weight is 456 g/mol. The van der Waals surface area contributed by atoms with Gasteiger partial charge in [0, 0.05) is 18.3 Å². The first kappa shape index (κ1) is 26.4. The number of carbonyl (C=O) groups excluding carboxylic acids is 4. The first-order valence-corrected chi connectivity index (χ1v) is 11.4. The Bertz CT molecular complexity index is 727. The van der Waals surface area contributed by atoms with E-state index in [-0.39, 0.29) is 18.9 Å². The molecule has 0 unspecified atom stereocenters. The van der Waals surface area contributed by atoms with E-state index in [0.29, 0.717) is 24.3 Å². The van der Waals surface area contributed by atoms with Gasteiger partial charge in [-0.2, -0.15) is 11.8 Å². The van der Waals surface area contributed by atoms with Gasteiger partial charge in [0.25, 0.3) is 0 Å². The maximum atomic E-state index is 12.9. The fourth-order valence-corrected chi connectivity index (χ4v) is 3.32. The number of hydrogen-bond acceptors (Lipinski definition) is 7. The summed E-state index contributed by atoms with van der Waals surface area (Å²) in [6.45, 7) is 3.53. The normalized spacial score (nSPS) is 13.8. The van der Waals surface area contributed by atoms with Crippen LogP contribution in [0.3, 0.4) is 0 Å². The number of H-pyrrole nitrogens is 1. The van der Waals surface area contributed by atoms with Crippen LogP contribution in [-0.2, 0) is 25.6 Å². The van der Waals surface area contributed by atoms with Crippen LogP contribution in [0.25, 0.3) is 0 Å². The molecule has 0 saturated heterocycles. The molecule has 8 N–H and O–H groups in total. The number of nitrogens with one attached hydrogen (secondary N) is 4. The molecule has 0 radical (unpaired) electrons. The van der Waals surface area contributed by atoms with E-state index in [9.17, 15) is 19.2 Å². The number of aromatic amines is 1. The van der Waals surface area contributed by atoms with Crippen molar-refractivity contribution in [2.75, 3.05) is 18.6 Å². The van der Waals surface area contributed by atoms with Gasteiger partial charge in [0.2, 0.25) is 23.6 Å². The molecule has 0 aromatic carbocycles. The molecule has 0 aliphatic carbocycles. The third-order valence-electron chi connectivity index (χ3n) is 4.43. The molecular formula is C19H33N7O4S. The van der Waals surface area contributed by atoms with Crippen LogP contribution < -0.4 is 27.4 Å². The van der Waals surface area contributed by atoms with E-state index in [1.165, 1.54) is 24.3 Å². The fraction of sp³-hybridized carbons (Fsp3) is 0.632. The van der Waals surface area contributed by atoms with Crippen molar-refractivity contribution in [3.8, 4) is 0 Å². The molecule has 31 heavy (non-hydrogen) atoms. The molecule has 1 aromatic rings. The molecule has 174 valence electrons. The van der Waals surface area contributed by atoms with Crippen molar-refractivity contribution in [1.29, 1.82) is 0 Å². The summed E-state index contributed by atoms with van der Waals surface area (Å²) in [5, 5.41) is 7.88. The van der Waals surface area contributed by atoms with E-state index in [1.54, 1.807) is 0 Å². The number of carbonyl (C=O) groups is 4. The zero-order chi connectivity index (χ0) is 23.4. The molecule has 1 rings (SSSR count). The molecule has 0 fully saturated rings. The van der Waals surface area contributed by atoms with Crippen molar-refractivity contribution in [3.05, 3.63) is 18.2 Å². The summed E-state index contributed by atoms with van der Waals surface area (Å²) in [6.07, 6.45) is 5.76. The summed E-state index contributed by atoms with van der Waals surface area (Å²) in [4.78, 5) is 56.0. The highest BCUT2D eigenvalue weighted by Gasteiger charge is 2.29. The highest BCUT2D eigenvalue weighted by atomic mass is 32.2. The number of hydrogen-bond donors (Lipinski definition) is 6. The molecule has 3 atom stereocenters. The smallest absolute Gasteiger partial charge is 0.243 e. The molecule has 0 bridgehead atoms. The first-order chi connectivity index (χ1) is 14.7. The summed E-state index contributed by atoms with van der Waals surface area (Å²) in [6, 6.07) is -2.69. The van der Waals surface area contributed by atoms with Crippen molar-refractivity contribution in [3.63, 3.8) is 0 Å². The van der Waals surface area contributed by atoms with Gasteiger partial charge in [-0.1, -0.05) is 13.8 Å². The van der Waals surface area contributed by atoms with Crippen molar-refractivity contribution in [2.24, 2.45) is 17.4 Å². The van der Waals surface area contributed by atoms with Crippen molar-refractivity contribution < 1.29 is 19.2 Å². The van der Waals surface area contributed by atoms with Gasteiger partial charge in [-0.3, -0.25) is 19.2 Å². The van der Waals surface area contributed by atoms with E-state index in [1.807, 2.05) is 20.1 Å². The number of primary amides is 1. The fourth-order valence-electron chi connectivity index (χ4n) is 2.85. The summed E-state index contributed by atoms with van der Waals surface area (Å²) >= 11 is 1.53. The van der Waals surface area contributed by atoms with Crippen molar-refractivity contribution in [2.45, 2.75) is 51.2 Å². The van der Waals surface area contributed by atoms with Crippen molar-refractivity contribution >= 4 is 35.4 Å². The van der Waals surface area contributed by atoms with Gasteiger partial charge in [0.15, 0.2) is 0 Å². The second-order valence-electron chi connectivity index (χ2n) is 7.54. The largest absolute Gasteiger partial charge is 0.368 e. The van der Waals surface area contributed by atoms with Gasteiger partial charge >= 0.3 is 0 Å². The van der Waals surface area contributed by atoms with E-state index < -0.39 is 41.8 Å². The Balaban J connectivity index is 2.94. The second kappa shape index (κ2) is 13.7. The third-order valence-corrected chi connectivity index (χ3v) is 5.07. The van der Waals surface area contributed by atoms with Gasteiger partial charge in [-0.25, -0.2) is 4.98 Å². The molecule has 0 aliphatic rings. The predicted molar refractivity (Wildman–Crippen MR) is 119 cm³/mol. The molecular weight excluding hydrogens is 422 g/mol. The van der Waals surface area contributed by atoms with Gasteiger partial charge in [-0.15, -0.1) is 0 Å². The van der Waals surface area contributed by atoms with Gasteiger partial charge in [-0.05, 0) is 30.8 Å². The quantitative estimate of drug-likeness (QED) is 0.200. The van der Waals surface area contributed by atoms with E-state index in [0.717, 1.165) is 0 Å². The summed E-state index contributed by atoms with van der Waals surface area (Å²) < 4.78 is 0. The monoisotopic (exact) mass is 455 g/mol. The SMILES string of the molecule is CSCC[C@H](NC(=O)[C@H](CC(C)C)NC(=O)[C@H](Cc1cnc[nH]1)NC(=O)CN)C(N)=O. The number of nitrogens with two attached hydrogens (primary N) is 2. The van der Waals surface area contributed by atoms with E-state index in [2.05, 4.69) is 25.9 Å². The Morgan fingerprint density at radius 2 is 1.74 bits per heavy atom. The van der Waals surface area contributed by atoms with E-state index in [4.69, 9.17) is 11.5 Å². The Morgan fingerprint density at radius 3 is 2.26 bits per heavy atom. The van der Waals surface area contributed by atoms with Crippen LogP contribution in [0.1, 0.15) is 32.4 Å². The lowest BCUT2D eigenvalue weighted by atomic mass is 10.0. The number of imidazole rings is 1. The van der Waals surface area contributed by atoms with Crippen LogP contribution in [0.5, 0.6) is 0 Å². The minimum absolute atomic E-state index is 0.0824. The lowest BCUT2D eigenvalue weighted by Crippen LogP contribution is -2.57. The zero-order valence-electron chi connectivity index (χ0n) is 18.1. The van der Waals surface area contributed by atoms with Gasteiger partial charge in [0.1, 0.15) is 18.1 Å².